The fourth-order valence-corrected chi connectivity index (χ4v) is 4.97. The zero-order valence-electron chi connectivity index (χ0n) is 22.8. The monoisotopic (exact) mass is 559 g/mol. The van der Waals surface area contributed by atoms with Crippen molar-refractivity contribution in [3.63, 3.8) is 0 Å². The molecule has 4 rings (SSSR count). The predicted octanol–water partition coefficient (Wildman–Crippen LogP) is 5.27. The number of carbonyl (C=O) groups excluding carboxylic acids is 4. The summed E-state index contributed by atoms with van der Waals surface area (Å²) in [5.74, 6) is -1.19. The second-order valence-corrected chi connectivity index (χ2v) is 10.5. The molecule has 0 spiro atoms. The van der Waals surface area contributed by atoms with Crippen molar-refractivity contribution < 1.29 is 19.2 Å². The van der Waals surface area contributed by atoms with E-state index in [1.54, 1.807) is 35.2 Å². The molecule has 8 heteroatoms. The highest BCUT2D eigenvalue weighted by Crippen LogP contribution is 2.24. The molecule has 0 fully saturated rings. The van der Waals surface area contributed by atoms with Gasteiger partial charge in [-0.05, 0) is 49.1 Å². The molecule has 0 saturated heterocycles. The molecule has 2 atom stereocenters. The third-order valence-corrected chi connectivity index (χ3v) is 7.59. The van der Waals surface area contributed by atoms with Crippen LogP contribution >= 0.6 is 11.6 Å². The van der Waals surface area contributed by atoms with E-state index >= 15 is 0 Å². The van der Waals surface area contributed by atoms with E-state index in [0.717, 1.165) is 17.5 Å². The SMILES string of the molecule is CCC(C)NC(=O)C(Cc1ccccc1)N(Cc1ccccc1Cl)C(=O)CCCN1C(=O)c2ccccc2C1=O. The van der Waals surface area contributed by atoms with Crippen molar-refractivity contribution >= 4 is 35.2 Å². The molecule has 1 N–H and O–H groups in total. The fraction of sp³-hybridized carbons (Fsp3) is 0.312. The van der Waals surface area contributed by atoms with Crippen LogP contribution in [0.25, 0.3) is 0 Å². The molecule has 40 heavy (non-hydrogen) atoms. The molecule has 0 bridgehead atoms. The molecule has 3 aromatic rings. The summed E-state index contributed by atoms with van der Waals surface area (Å²) in [5.41, 5.74) is 2.41. The molecule has 1 aliphatic rings. The van der Waals surface area contributed by atoms with Gasteiger partial charge in [0.2, 0.25) is 11.8 Å². The fourth-order valence-electron chi connectivity index (χ4n) is 4.78. The maximum atomic E-state index is 13.8. The number of amides is 4. The van der Waals surface area contributed by atoms with Gasteiger partial charge in [-0.2, -0.15) is 0 Å². The summed E-state index contributed by atoms with van der Waals surface area (Å²) in [6.45, 7) is 4.18. The molecule has 0 saturated carbocycles. The number of imide groups is 1. The standard InChI is InChI=1S/C32H34ClN3O4/c1-3-22(2)34-30(38)28(20-23-12-5-4-6-13-23)36(21-24-14-7-10-17-27(24)33)29(37)18-11-19-35-31(39)25-15-8-9-16-26(25)32(35)40/h4-10,12-17,22,28H,3,11,18-21H2,1-2H3,(H,34,38). The highest BCUT2D eigenvalue weighted by atomic mass is 35.5. The van der Waals surface area contributed by atoms with Crippen molar-refractivity contribution in [2.24, 2.45) is 0 Å². The lowest BCUT2D eigenvalue weighted by Crippen LogP contribution is -2.52. The van der Waals surface area contributed by atoms with Gasteiger partial charge >= 0.3 is 0 Å². The minimum Gasteiger partial charge on any atom is -0.352 e. The summed E-state index contributed by atoms with van der Waals surface area (Å²) in [5, 5.41) is 3.55. The number of fused-ring (bicyclic) bond motifs is 1. The van der Waals surface area contributed by atoms with Gasteiger partial charge in [0, 0.05) is 37.0 Å². The Hall–Kier alpha value is -3.97. The maximum Gasteiger partial charge on any atom is 0.261 e. The minimum atomic E-state index is -0.778. The summed E-state index contributed by atoms with van der Waals surface area (Å²) < 4.78 is 0. The number of nitrogens with zero attached hydrogens (tertiary/aromatic N) is 2. The lowest BCUT2D eigenvalue weighted by molar-refractivity contribution is -0.141. The Morgan fingerprint density at radius 2 is 1.50 bits per heavy atom. The van der Waals surface area contributed by atoms with Crippen LogP contribution in [0.2, 0.25) is 5.02 Å². The van der Waals surface area contributed by atoms with Crippen LogP contribution < -0.4 is 5.32 Å². The summed E-state index contributed by atoms with van der Waals surface area (Å²) in [6, 6.07) is 22.7. The quantitative estimate of drug-likeness (QED) is 0.306. The van der Waals surface area contributed by atoms with E-state index in [1.165, 1.54) is 4.90 Å². The van der Waals surface area contributed by atoms with Crippen LogP contribution in [0.15, 0.2) is 78.9 Å². The molecule has 0 radical (unpaired) electrons. The molecule has 7 nitrogen and oxygen atoms in total. The normalized spacial score (nSPS) is 14.0. The van der Waals surface area contributed by atoms with E-state index in [-0.39, 0.29) is 55.6 Å². The lowest BCUT2D eigenvalue weighted by Gasteiger charge is -2.32. The van der Waals surface area contributed by atoms with E-state index in [2.05, 4.69) is 5.32 Å². The number of carbonyl (C=O) groups is 4. The first kappa shape index (κ1) is 29.0. The van der Waals surface area contributed by atoms with Crippen LogP contribution in [0.3, 0.4) is 0 Å². The molecule has 0 aromatic heterocycles. The van der Waals surface area contributed by atoms with Gasteiger partial charge in [-0.1, -0.05) is 79.2 Å². The van der Waals surface area contributed by atoms with Crippen molar-refractivity contribution in [2.45, 2.75) is 58.2 Å². The zero-order valence-corrected chi connectivity index (χ0v) is 23.6. The lowest BCUT2D eigenvalue weighted by atomic mass is 10.0. The summed E-state index contributed by atoms with van der Waals surface area (Å²) in [7, 11) is 0. The highest BCUT2D eigenvalue weighted by molar-refractivity contribution is 6.31. The van der Waals surface area contributed by atoms with Crippen molar-refractivity contribution in [3.05, 3.63) is 106 Å². The first-order valence-corrected chi connectivity index (χ1v) is 14.0. The van der Waals surface area contributed by atoms with Crippen LogP contribution in [0.1, 0.15) is 65.0 Å². The summed E-state index contributed by atoms with van der Waals surface area (Å²) in [6.07, 6.45) is 1.41. The smallest absolute Gasteiger partial charge is 0.261 e. The van der Waals surface area contributed by atoms with Gasteiger partial charge in [-0.3, -0.25) is 24.1 Å². The number of halogens is 1. The van der Waals surface area contributed by atoms with Crippen LogP contribution in [0.5, 0.6) is 0 Å². The number of rotatable bonds is 12. The molecule has 0 aliphatic carbocycles. The number of benzene rings is 3. The maximum absolute atomic E-state index is 13.8. The van der Waals surface area contributed by atoms with Gasteiger partial charge in [0.25, 0.3) is 11.8 Å². The Labute approximate surface area is 240 Å². The Morgan fingerprint density at radius 3 is 2.12 bits per heavy atom. The highest BCUT2D eigenvalue weighted by Gasteiger charge is 2.35. The summed E-state index contributed by atoms with van der Waals surface area (Å²) in [4.78, 5) is 55.7. The summed E-state index contributed by atoms with van der Waals surface area (Å²) >= 11 is 6.47. The molecule has 3 aromatic carbocycles. The van der Waals surface area contributed by atoms with Gasteiger partial charge in [0.15, 0.2) is 0 Å². The molecule has 2 unspecified atom stereocenters. The number of nitrogens with one attached hydrogen (secondary N) is 1. The predicted molar refractivity (Wildman–Crippen MR) is 155 cm³/mol. The molecule has 208 valence electrons. The van der Waals surface area contributed by atoms with Crippen LogP contribution in [-0.2, 0) is 22.6 Å². The van der Waals surface area contributed by atoms with Gasteiger partial charge < -0.3 is 10.2 Å². The van der Waals surface area contributed by atoms with Gasteiger partial charge in [-0.15, -0.1) is 0 Å². The molecule has 4 amide bonds. The Morgan fingerprint density at radius 1 is 0.900 bits per heavy atom. The molecular weight excluding hydrogens is 526 g/mol. The van der Waals surface area contributed by atoms with Crippen molar-refractivity contribution in [2.75, 3.05) is 6.54 Å². The molecule has 1 heterocycles. The van der Waals surface area contributed by atoms with Crippen molar-refractivity contribution in [1.82, 2.24) is 15.1 Å². The number of hydrogen-bond donors (Lipinski definition) is 1. The van der Waals surface area contributed by atoms with Gasteiger partial charge in [-0.25, -0.2) is 0 Å². The van der Waals surface area contributed by atoms with Crippen LogP contribution in [0, 0.1) is 0 Å². The topological polar surface area (TPSA) is 86.8 Å². The first-order chi connectivity index (χ1) is 19.3. The number of hydrogen-bond acceptors (Lipinski definition) is 4. The average molecular weight is 560 g/mol. The van der Waals surface area contributed by atoms with E-state index in [4.69, 9.17) is 11.6 Å². The molecular formula is C32H34ClN3O4. The second kappa shape index (κ2) is 13.4. The van der Waals surface area contributed by atoms with E-state index in [0.29, 0.717) is 22.6 Å². The van der Waals surface area contributed by atoms with E-state index < -0.39 is 6.04 Å². The molecule has 1 aliphatic heterocycles. The Balaban J connectivity index is 1.56. The van der Waals surface area contributed by atoms with Gasteiger partial charge in [0.05, 0.1) is 11.1 Å². The van der Waals surface area contributed by atoms with E-state index in [1.807, 2.05) is 62.4 Å². The van der Waals surface area contributed by atoms with Gasteiger partial charge in [0.1, 0.15) is 6.04 Å². The van der Waals surface area contributed by atoms with Crippen LogP contribution in [0.4, 0.5) is 0 Å². The average Bonchev–Trinajstić information content (AvgIpc) is 3.21. The zero-order chi connectivity index (χ0) is 28.6. The van der Waals surface area contributed by atoms with E-state index in [9.17, 15) is 19.2 Å². The van der Waals surface area contributed by atoms with Crippen molar-refractivity contribution in [3.8, 4) is 0 Å². The second-order valence-electron chi connectivity index (χ2n) is 10.0. The Bertz CT molecular complexity index is 1340. The third-order valence-electron chi connectivity index (χ3n) is 7.22. The largest absolute Gasteiger partial charge is 0.352 e. The minimum absolute atomic E-state index is 0.0553. The third kappa shape index (κ3) is 6.77. The van der Waals surface area contributed by atoms with Crippen molar-refractivity contribution in [1.29, 1.82) is 0 Å². The Kier molecular flexibility index (Phi) is 9.72. The first-order valence-electron chi connectivity index (χ1n) is 13.6. The van der Waals surface area contributed by atoms with Crippen LogP contribution in [-0.4, -0.2) is 52.1 Å².